The first-order valence-electron chi connectivity index (χ1n) is 8.19. The van der Waals surface area contributed by atoms with Crippen LogP contribution in [-0.2, 0) is 0 Å². The molecule has 0 aliphatic carbocycles. The second kappa shape index (κ2) is 7.09. The van der Waals surface area contributed by atoms with Gasteiger partial charge in [0.15, 0.2) is 0 Å². The molecule has 0 aliphatic rings. The summed E-state index contributed by atoms with van der Waals surface area (Å²) < 4.78 is 0. The normalized spacial score (nSPS) is 10.7. The molecule has 2 heterocycles. The summed E-state index contributed by atoms with van der Waals surface area (Å²) in [6, 6.07) is 13.6. The highest BCUT2D eigenvalue weighted by molar-refractivity contribution is 7.17. The van der Waals surface area contributed by atoms with Gasteiger partial charge in [-0.05, 0) is 23.8 Å². The van der Waals surface area contributed by atoms with Crippen LogP contribution in [0.25, 0.3) is 21.3 Å². The fourth-order valence-electron chi connectivity index (χ4n) is 2.88. The molecule has 2 aromatic heterocycles. The van der Waals surface area contributed by atoms with Crippen molar-refractivity contribution < 1.29 is 19.8 Å². The maximum atomic E-state index is 11.3. The summed E-state index contributed by atoms with van der Waals surface area (Å²) in [5, 5.41) is 24.4. The molecule has 0 bridgehead atoms. The third kappa shape index (κ3) is 3.28. The highest BCUT2D eigenvalue weighted by Gasteiger charge is 2.16. The molecule has 0 unspecified atom stereocenters. The van der Waals surface area contributed by atoms with Crippen LogP contribution in [0.15, 0.2) is 60.2 Å². The van der Waals surface area contributed by atoms with Crippen molar-refractivity contribution in [3.63, 3.8) is 0 Å². The van der Waals surface area contributed by atoms with Crippen LogP contribution in [0, 0.1) is 0 Å². The minimum atomic E-state index is -1.21. The Morgan fingerprint density at radius 1 is 0.929 bits per heavy atom. The lowest BCUT2D eigenvalue weighted by molar-refractivity contribution is 0.0696. The Morgan fingerprint density at radius 3 is 2.25 bits per heavy atom. The van der Waals surface area contributed by atoms with Crippen LogP contribution in [-0.4, -0.2) is 32.1 Å². The van der Waals surface area contributed by atoms with Gasteiger partial charge in [0.25, 0.3) is 0 Å². The monoisotopic (exact) mass is 391 g/mol. The number of aromatic carboxylic acids is 2. The first-order valence-corrected chi connectivity index (χ1v) is 9.07. The summed E-state index contributed by atoms with van der Waals surface area (Å²) in [6.07, 6.45) is 1.41. The third-order valence-electron chi connectivity index (χ3n) is 4.14. The number of fused-ring (bicyclic) bond motifs is 1. The minimum absolute atomic E-state index is 0.124. The summed E-state index contributed by atoms with van der Waals surface area (Å²) in [6.45, 7) is 0. The number of thiophene rings is 1. The average molecular weight is 391 g/mol. The molecule has 2 aromatic carbocycles. The van der Waals surface area contributed by atoms with Crippen molar-refractivity contribution in [2.75, 3.05) is 5.32 Å². The number of hydrogen-bond donors (Lipinski definition) is 3. The lowest BCUT2D eigenvalue weighted by Crippen LogP contribution is -2.05. The van der Waals surface area contributed by atoms with E-state index in [2.05, 4.69) is 15.3 Å². The standard InChI is InChI=1S/C20H13N3O4S/c24-19(25)12-6-13(20(26)27)8-14(7-12)23-17-16-15(11-4-2-1-3-5-11)9-28-18(16)22-10-21-17/h1-10H,(H,24,25)(H,26,27)(H,21,22,23). The SMILES string of the molecule is O=C(O)c1cc(Nc2ncnc3scc(-c4ccccc4)c23)cc(C(=O)O)c1. The second-order valence-corrected chi connectivity index (χ2v) is 6.81. The Morgan fingerprint density at radius 2 is 1.61 bits per heavy atom. The number of nitrogens with one attached hydrogen (secondary N) is 1. The van der Waals surface area contributed by atoms with E-state index in [1.807, 2.05) is 35.7 Å². The van der Waals surface area contributed by atoms with Gasteiger partial charge in [0.2, 0.25) is 0 Å². The Kier molecular flexibility index (Phi) is 4.46. The fraction of sp³-hybridized carbons (Fsp3) is 0. The van der Waals surface area contributed by atoms with Gasteiger partial charge in [0.1, 0.15) is 17.0 Å². The van der Waals surface area contributed by atoms with Crippen LogP contribution in [0.2, 0.25) is 0 Å². The van der Waals surface area contributed by atoms with Crippen molar-refractivity contribution in [3.8, 4) is 11.1 Å². The van der Waals surface area contributed by atoms with E-state index >= 15 is 0 Å². The zero-order chi connectivity index (χ0) is 19.7. The largest absolute Gasteiger partial charge is 0.478 e. The first kappa shape index (κ1) is 17.6. The highest BCUT2D eigenvalue weighted by atomic mass is 32.1. The number of carboxylic acid groups (broad SMARTS) is 2. The number of nitrogens with zero attached hydrogens (tertiary/aromatic N) is 2. The van der Waals surface area contributed by atoms with E-state index in [9.17, 15) is 19.8 Å². The molecular weight excluding hydrogens is 378 g/mol. The summed E-state index contributed by atoms with van der Waals surface area (Å²) in [5.41, 5.74) is 2.01. The zero-order valence-electron chi connectivity index (χ0n) is 14.3. The number of rotatable bonds is 5. The second-order valence-electron chi connectivity index (χ2n) is 5.95. The fourth-order valence-corrected chi connectivity index (χ4v) is 3.80. The van der Waals surface area contributed by atoms with Gasteiger partial charge in [-0.15, -0.1) is 11.3 Å². The quantitative estimate of drug-likeness (QED) is 0.459. The maximum absolute atomic E-state index is 11.3. The molecule has 4 rings (SSSR count). The van der Waals surface area contributed by atoms with Crippen LogP contribution < -0.4 is 5.32 Å². The van der Waals surface area contributed by atoms with Crippen molar-refractivity contribution in [2.24, 2.45) is 0 Å². The topological polar surface area (TPSA) is 112 Å². The number of aromatic nitrogens is 2. The lowest BCUT2D eigenvalue weighted by atomic mass is 10.1. The lowest BCUT2D eigenvalue weighted by Gasteiger charge is -2.10. The molecule has 0 saturated carbocycles. The summed E-state index contributed by atoms with van der Waals surface area (Å²) in [7, 11) is 0. The molecule has 0 amide bonds. The Hall–Kier alpha value is -3.78. The molecule has 138 valence electrons. The smallest absolute Gasteiger partial charge is 0.335 e. The predicted octanol–water partition coefficient (Wildman–Crippen LogP) is 4.50. The molecule has 8 heteroatoms. The van der Waals surface area contributed by atoms with Crippen LogP contribution in [0.4, 0.5) is 11.5 Å². The Bertz CT molecular complexity index is 1170. The van der Waals surface area contributed by atoms with Crippen LogP contribution >= 0.6 is 11.3 Å². The van der Waals surface area contributed by atoms with Gasteiger partial charge in [-0.3, -0.25) is 0 Å². The maximum Gasteiger partial charge on any atom is 0.335 e. The number of hydrogen-bond acceptors (Lipinski definition) is 6. The van der Waals surface area contributed by atoms with Crippen LogP contribution in [0.3, 0.4) is 0 Å². The Labute approximate surface area is 162 Å². The van der Waals surface area contributed by atoms with Crippen molar-refractivity contribution in [1.29, 1.82) is 0 Å². The number of carboxylic acids is 2. The summed E-state index contributed by atoms with van der Waals surface area (Å²) in [5.74, 6) is -1.94. The number of anilines is 2. The van der Waals surface area contributed by atoms with Crippen molar-refractivity contribution in [1.82, 2.24) is 9.97 Å². The molecule has 4 aromatic rings. The number of benzene rings is 2. The van der Waals surface area contributed by atoms with E-state index in [4.69, 9.17) is 0 Å². The molecule has 3 N–H and O–H groups in total. The molecule has 0 saturated heterocycles. The molecule has 0 spiro atoms. The Balaban J connectivity index is 1.84. The van der Waals surface area contributed by atoms with Gasteiger partial charge in [0.05, 0.1) is 16.5 Å². The molecule has 0 fully saturated rings. The van der Waals surface area contributed by atoms with Crippen LogP contribution in [0.1, 0.15) is 20.7 Å². The molecule has 28 heavy (non-hydrogen) atoms. The van der Waals surface area contributed by atoms with Crippen molar-refractivity contribution in [3.05, 3.63) is 71.4 Å². The summed E-state index contributed by atoms with van der Waals surface area (Å²) in [4.78, 5) is 32.1. The number of carbonyl (C=O) groups is 2. The summed E-state index contributed by atoms with van der Waals surface area (Å²) >= 11 is 1.47. The van der Waals surface area contributed by atoms with Crippen LogP contribution in [0.5, 0.6) is 0 Å². The van der Waals surface area contributed by atoms with Gasteiger partial charge >= 0.3 is 11.9 Å². The third-order valence-corrected chi connectivity index (χ3v) is 5.03. The predicted molar refractivity (Wildman–Crippen MR) is 106 cm³/mol. The van der Waals surface area contributed by atoms with Gasteiger partial charge in [-0.2, -0.15) is 0 Å². The van der Waals surface area contributed by atoms with E-state index in [0.717, 1.165) is 27.4 Å². The molecular formula is C20H13N3O4S. The molecule has 7 nitrogen and oxygen atoms in total. The zero-order valence-corrected chi connectivity index (χ0v) is 15.1. The van der Waals surface area contributed by atoms with E-state index in [1.165, 1.54) is 29.8 Å². The van der Waals surface area contributed by atoms with Gasteiger partial charge in [0, 0.05) is 16.6 Å². The highest BCUT2D eigenvalue weighted by Crippen LogP contribution is 2.37. The van der Waals surface area contributed by atoms with Gasteiger partial charge < -0.3 is 15.5 Å². The van der Waals surface area contributed by atoms with E-state index in [-0.39, 0.29) is 11.1 Å². The molecule has 0 aliphatic heterocycles. The molecule has 0 radical (unpaired) electrons. The minimum Gasteiger partial charge on any atom is -0.478 e. The van der Waals surface area contributed by atoms with Gasteiger partial charge in [-0.25, -0.2) is 19.6 Å². The first-order chi connectivity index (χ1) is 13.5. The average Bonchev–Trinajstić information content (AvgIpc) is 3.13. The van der Waals surface area contributed by atoms with E-state index < -0.39 is 11.9 Å². The van der Waals surface area contributed by atoms with Crippen molar-refractivity contribution >= 4 is 45.0 Å². The van der Waals surface area contributed by atoms with E-state index in [1.54, 1.807) is 0 Å². The molecule has 0 atom stereocenters. The van der Waals surface area contributed by atoms with E-state index in [0.29, 0.717) is 11.5 Å². The van der Waals surface area contributed by atoms with Gasteiger partial charge in [-0.1, -0.05) is 30.3 Å². The van der Waals surface area contributed by atoms with Crippen molar-refractivity contribution in [2.45, 2.75) is 0 Å².